The summed E-state index contributed by atoms with van der Waals surface area (Å²) >= 11 is 6.87. The average molecular weight is 407 g/mol. The molecule has 2 aliphatic heterocycles. The molecule has 1 atom stereocenters. The van der Waals surface area contributed by atoms with Crippen molar-refractivity contribution < 1.29 is 18.0 Å². The van der Waals surface area contributed by atoms with Crippen molar-refractivity contribution in [1.29, 1.82) is 0 Å². The zero-order valence-electron chi connectivity index (χ0n) is 13.6. The fourth-order valence-electron chi connectivity index (χ4n) is 2.96. The Morgan fingerprint density at radius 2 is 1.92 bits per heavy atom. The van der Waals surface area contributed by atoms with Crippen LogP contribution >= 0.6 is 22.9 Å². The van der Waals surface area contributed by atoms with Crippen LogP contribution in [0.25, 0.3) is 0 Å². The van der Waals surface area contributed by atoms with Crippen LogP contribution in [-0.2, 0) is 14.8 Å². The molecule has 0 unspecified atom stereocenters. The van der Waals surface area contributed by atoms with Crippen molar-refractivity contribution in [3.8, 4) is 0 Å². The first kappa shape index (κ1) is 18.6. The number of urea groups is 1. The van der Waals surface area contributed by atoms with Gasteiger partial charge in [0, 0.05) is 39.3 Å². The Morgan fingerprint density at radius 3 is 2.44 bits per heavy atom. The normalized spacial score (nSPS) is 21.4. The molecule has 0 aliphatic carbocycles. The van der Waals surface area contributed by atoms with E-state index in [1.807, 2.05) is 4.90 Å². The van der Waals surface area contributed by atoms with Crippen molar-refractivity contribution in [3.63, 3.8) is 0 Å². The highest BCUT2D eigenvalue weighted by molar-refractivity contribution is 7.91. The molecule has 1 aromatic rings. The smallest absolute Gasteiger partial charge is 0.324 e. The zero-order chi connectivity index (χ0) is 18.2. The number of sulfonamides is 1. The summed E-state index contributed by atoms with van der Waals surface area (Å²) in [5.74, 6) is -0.253. The van der Waals surface area contributed by atoms with E-state index in [0.29, 0.717) is 43.6 Å². The first-order valence-corrected chi connectivity index (χ1v) is 10.5. The van der Waals surface area contributed by atoms with Crippen LogP contribution in [0.5, 0.6) is 0 Å². The molecular formula is C14H19ClN4O4S2. The topological polar surface area (TPSA) is 90.0 Å². The highest BCUT2D eigenvalue weighted by atomic mass is 35.5. The molecule has 1 aromatic heterocycles. The monoisotopic (exact) mass is 406 g/mol. The Hall–Kier alpha value is -1.20. The molecule has 138 valence electrons. The molecule has 0 spiro atoms. The number of carbonyl (C=O) groups excluding carboxylic acids is 2. The molecule has 0 saturated carbocycles. The number of rotatable bonds is 4. The Bertz CT molecular complexity index is 774. The van der Waals surface area contributed by atoms with Gasteiger partial charge in [0.1, 0.15) is 4.21 Å². The van der Waals surface area contributed by atoms with Gasteiger partial charge in [-0.15, -0.1) is 11.3 Å². The van der Waals surface area contributed by atoms with E-state index in [1.165, 1.54) is 15.3 Å². The van der Waals surface area contributed by atoms with Crippen LogP contribution in [-0.4, -0.2) is 79.8 Å². The van der Waals surface area contributed by atoms with Crippen LogP contribution in [0.3, 0.4) is 0 Å². The number of hydrogen-bond acceptors (Lipinski definition) is 6. The molecule has 1 N–H and O–H groups in total. The zero-order valence-corrected chi connectivity index (χ0v) is 16.0. The Labute approximate surface area is 155 Å². The summed E-state index contributed by atoms with van der Waals surface area (Å²) in [6.07, 6.45) is 0. The van der Waals surface area contributed by atoms with Crippen molar-refractivity contribution in [2.45, 2.75) is 17.2 Å². The quantitative estimate of drug-likeness (QED) is 0.792. The van der Waals surface area contributed by atoms with Gasteiger partial charge in [-0.05, 0) is 19.1 Å². The summed E-state index contributed by atoms with van der Waals surface area (Å²) in [4.78, 5) is 27.2. The maximum absolute atomic E-state index is 12.6. The van der Waals surface area contributed by atoms with Gasteiger partial charge < -0.3 is 5.32 Å². The van der Waals surface area contributed by atoms with Gasteiger partial charge >= 0.3 is 6.03 Å². The van der Waals surface area contributed by atoms with Gasteiger partial charge in [0.15, 0.2) is 0 Å². The van der Waals surface area contributed by atoms with E-state index in [2.05, 4.69) is 5.32 Å². The number of piperazine rings is 1. The standard InChI is InChI=1S/C14H19ClN4O4S2/c1-10(13(20)19-5-4-16-14(19)21)17-6-8-18(9-7-17)25(22,23)12-3-2-11(15)24-12/h2-3,10H,4-9H2,1H3,(H,16,21)/t10-/m0/s1. The molecule has 2 saturated heterocycles. The van der Waals surface area contributed by atoms with Crippen molar-refractivity contribution in [3.05, 3.63) is 16.5 Å². The third kappa shape index (κ3) is 3.68. The molecule has 11 heteroatoms. The summed E-state index contributed by atoms with van der Waals surface area (Å²) in [6, 6.07) is 2.24. The summed E-state index contributed by atoms with van der Waals surface area (Å²) in [5, 5.41) is 2.61. The number of halogens is 1. The Balaban J connectivity index is 1.61. The first-order valence-electron chi connectivity index (χ1n) is 7.89. The number of amides is 3. The molecule has 8 nitrogen and oxygen atoms in total. The lowest BCUT2D eigenvalue weighted by Gasteiger charge is -2.37. The van der Waals surface area contributed by atoms with E-state index in [0.717, 1.165) is 11.3 Å². The number of carbonyl (C=O) groups is 2. The van der Waals surface area contributed by atoms with Gasteiger partial charge in [0.25, 0.3) is 10.0 Å². The van der Waals surface area contributed by atoms with E-state index < -0.39 is 16.1 Å². The van der Waals surface area contributed by atoms with E-state index in [-0.39, 0.29) is 16.1 Å². The van der Waals surface area contributed by atoms with Gasteiger partial charge in [-0.2, -0.15) is 4.31 Å². The van der Waals surface area contributed by atoms with Gasteiger partial charge in [-0.25, -0.2) is 13.2 Å². The summed E-state index contributed by atoms with van der Waals surface area (Å²) in [6.45, 7) is 4.03. The lowest BCUT2D eigenvalue weighted by Crippen LogP contribution is -2.55. The molecular weight excluding hydrogens is 388 g/mol. The van der Waals surface area contributed by atoms with Crippen molar-refractivity contribution in [2.75, 3.05) is 39.3 Å². The van der Waals surface area contributed by atoms with Gasteiger partial charge in [-0.3, -0.25) is 14.6 Å². The Kier molecular flexibility index (Phi) is 5.35. The van der Waals surface area contributed by atoms with Crippen LogP contribution in [0.15, 0.2) is 16.3 Å². The maximum Gasteiger partial charge on any atom is 0.324 e. The third-order valence-corrected chi connectivity index (χ3v) is 8.04. The number of nitrogens with one attached hydrogen (secondary N) is 1. The largest absolute Gasteiger partial charge is 0.336 e. The van der Waals surface area contributed by atoms with Crippen LogP contribution in [0.1, 0.15) is 6.92 Å². The minimum Gasteiger partial charge on any atom is -0.336 e. The number of imide groups is 1. The van der Waals surface area contributed by atoms with Crippen LogP contribution in [0.4, 0.5) is 4.79 Å². The number of thiophene rings is 1. The highest BCUT2D eigenvalue weighted by Gasteiger charge is 2.36. The molecule has 25 heavy (non-hydrogen) atoms. The van der Waals surface area contributed by atoms with Crippen LogP contribution in [0, 0.1) is 0 Å². The fourth-order valence-corrected chi connectivity index (χ4v) is 6.02. The SMILES string of the molecule is C[C@@H](C(=O)N1CCNC1=O)N1CCN(S(=O)(=O)c2ccc(Cl)s2)CC1. The fraction of sp³-hybridized carbons (Fsp3) is 0.571. The molecule has 3 rings (SSSR count). The van der Waals surface area contributed by atoms with Gasteiger partial charge in [0.2, 0.25) is 5.91 Å². The van der Waals surface area contributed by atoms with Crippen molar-refractivity contribution in [1.82, 2.24) is 19.4 Å². The summed E-state index contributed by atoms with van der Waals surface area (Å²) in [7, 11) is -3.55. The van der Waals surface area contributed by atoms with E-state index >= 15 is 0 Å². The minimum absolute atomic E-state index is 0.226. The molecule has 3 heterocycles. The lowest BCUT2D eigenvalue weighted by molar-refractivity contribution is -0.133. The molecule has 0 radical (unpaired) electrons. The van der Waals surface area contributed by atoms with Gasteiger partial charge in [-0.1, -0.05) is 11.6 Å². The summed E-state index contributed by atoms with van der Waals surface area (Å²) in [5.41, 5.74) is 0. The van der Waals surface area contributed by atoms with Crippen molar-refractivity contribution >= 4 is 44.9 Å². The molecule has 3 amide bonds. The highest BCUT2D eigenvalue weighted by Crippen LogP contribution is 2.28. The maximum atomic E-state index is 12.6. The Morgan fingerprint density at radius 1 is 1.24 bits per heavy atom. The van der Waals surface area contributed by atoms with Crippen LogP contribution in [0.2, 0.25) is 4.34 Å². The third-order valence-electron chi connectivity index (χ3n) is 4.44. The van der Waals surface area contributed by atoms with E-state index in [9.17, 15) is 18.0 Å². The van der Waals surface area contributed by atoms with Gasteiger partial charge in [0.05, 0.1) is 10.4 Å². The number of hydrogen-bond donors (Lipinski definition) is 1. The van der Waals surface area contributed by atoms with E-state index in [1.54, 1.807) is 13.0 Å². The molecule has 0 bridgehead atoms. The molecule has 0 aromatic carbocycles. The lowest BCUT2D eigenvalue weighted by atomic mass is 10.2. The first-order chi connectivity index (χ1) is 11.8. The second-order valence-corrected chi connectivity index (χ2v) is 9.78. The second-order valence-electron chi connectivity index (χ2n) is 5.90. The predicted octanol–water partition coefficient (Wildman–Crippen LogP) is 0.648. The van der Waals surface area contributed by atoms with E-state index in [4.69, 9.17) is 11.6 Å². The number of nitrogens with zero attached hydrogens (tertiary/aromatic N) is 3. The second kappa shape index (κ2) is 7.20. The molecule has 2 fully saturated rings. The van der Waals surface area contributed by atoms with Crippen molar-refractivity contribution in [2.24, 2.45) is 0 Å². The minimum atomic E-state index is -3.55. The molecule has 2 aliphatic rings. The average Bonchev–Trinajstić information content (AvgIpc) is 3.22. The predicted molar refractivity (Wildman–Crippen MR) is 94.2 cm³/mol. The summed E-state index contributed by atoms with van der Waals surface area (Å²) < 4.78 is 27.3. The van der Waals surface area contributed by atoms with Crippen LogP contribution < -0.4 is 5.32 Å².